The molecule has 0 spiro atoms. The van der Waals surface area contributed by atoms with E-state index in [2.05, 4.69) is 0 Å². The topological polar surface area (TPSA) is 110 Å². The van der Waals surface area contributed by atoms with Crippen molar-refractivity contribution in [2.75, 3.05) is 19.8 Å². The molecule has 4 unspecified atom stereocenters. The molecular weight excluding hydrogens is 563 g/mol. The first-order chi connectivity index (χ1) is 19.2. The number of benzene rings is 1. The van der Waals surface area contributed by atoms with Gasteiger partial charge in [-0.05, 0) is 78.6 Å². The number of amides is 2. The molecule has 0 aromatic heterocycles. The summed E-state index contributed by atoms with van der Waals surface area (Å²) in [6, 6.07) is 2.46. The lowest BCUT2D eigenvalue weighted by molar-refractivity contribution is -0.162. The van der Waals surface area contributed by atoms with Gasteiger partial charge in [-0.25, -0.2) is 14.4 Å². The number of nitrogens with zero attached hydrogens (tertiary/aromatic N) is 1. The Kier molecular flexibility index (Phi) is 11.7. The molecule has 0 N–H and O–H groups in total. The van der Waals surface area contributed by atoms with Crippen LogP contribution in [-0.4, -0.2) is 78.4 Å². The van der Waals surface area contributed by atoms with Crippen molar-refractivity contribution >= 4 is 18.2 Å². The predicted octanol–water partition coefficient (Wildman–Crippen LogP) is 6.00. The van der Waals surface area contributed by atoms with Gasteiger partial charge in [-0.15, -0.1) is 0 Å². The fraction of sp³-hybridized carbons (Fsp3) is 0.690. The summed E-state index contributed by atoms with van der Waals surface area (Å²) in [7, 11) is 0. The molecule has 1 aromatic carbocycles. The Hall–Kier alpha value is -3.06. The number of imide groups is 1. The molecule has 1 heterocycles. The first-order valence-corrected chi connectivity index (χ1v) is 13.7. The highest BCUT2D eigenvalue weighted by Crippen LogP contribution is 2.31. The molecule has 0 aliphatic carbocycles. The average Bonchev–Trinajstić information content (AvgIpc) is 2.85. The van der Waals surface area contributed by atoms with Crippen molar-refractivity contribution in [1.29, 1.82) is 0 Å². The Balaban J connectivity index is 2.43. The molecule has 10 nitrogen and oxygen atoms in total. The zero-order chi connectivity index (χ0) is 32.0. The highest BCUT2D eigenvalue weighted by molar-refractivity contribution is 5.94. The monoisotopic (exact) mass is 605 g/mol. The van der Waals surface area contributed by atoms with Crippen molar-refractivity contribution in [1.82, 2.24) is 4.90 Å². The first-order valence-electron chi connectivity index (χ1n) is 13.7. The molecule has 2 rings (SSSR count). The molecule has 1 aliphatic rings. The number of cyclic esters (lactones) is 1. The maximum absolute atomic E-state index is 13.5. The van der Waals surface area contributed by atoms with Crippen LogP contribution in [0.15, 0.2) is 24.3 Å². The second-order valence-electron chi connectivity index (χ2n) is 12.4. The maximum atomic E-state index is 13.5. The Morgan fingerprint density at radius 2 is 1.48 bits per heavy atom. The zero-order valence-corrected chi connectivity index (χ0v) is 25.6. The largest absolute Gasteiger partial charge is 0.484 e. The first kappa shape index (κ1) is 35.1. The number of ether oxygens (including phenoxy) is 6. The second kappa shape index (κ2) is 13.9. The quantitative estimate of drug-likeness (QED) is 0.285. The van der Waals surface area contributed by atoms with Gasteiger partial charge in [-0.2, -0.15) is 18.1 Å². The molecule has 1 aliphatic heterocycles. The van der Waals surface area contributed by atoms with E-state index in [9.17, 15) is 27.6 Å². The third kappa shape index (κ3) is 11.0. The van der Waals surface area contributed by atoms with E-state index in [0.29, 0.717) is 4.90 Å². The number of alkyl halides is 3. The third-order valence-corrected chi connectivity index (χ3v) is 5.55. The van der Waals surface area contributed by atoms with E-state index in [1.807, 2.05) is 13.8 Å². The Labute approximate surface area is 244 Å². The molecule has 2 amide bonds. The Bertz CT molecular complexity index is 1030. The molecule has 0 saturated carbocycles. The highest BCUT2D eigenvalue weighted by Gasteiger charge is 2.44. The van der Waals surface area contributed by atoms with Crippen LogP contribution in [0.3, 0.4) is 0 Å². The van der Waals surface area contributed by atoms with Gasteiger partial charge in [0, 0.05) is 6.61 Å². The number of halogens is 3. The lowest BCUT2D eigenvalue weighted by Crippen LogP contribution is -2.54. The van der Waals surface area contributed by atoms with Gasteiger partial charge in [0.05, 0.1) is 18.8 Å². The van der Waals surface area contributed by atoms with Gasteiger partial charge in [0.2, 0.25) is 0 Å². The molecule has 13 heteroatoms. The second-order valence-corrected chi connectivity index (χ2v) is 12.4. The van der Waals surface area contributed by atoms with Crippen LogP contribution in [0.4, 0.5) is 22.8 Å². The summed E-state index contributed by atoms with van der Waals surface area (Å²) in [4.78, 5) is 40.3. The number of rotatable bonds is 6. The fourth-order valence-electron chi connectivity index (χ4n) is 3.73. The minimum absolute atomic E-state index is 0.0778. The van der Waals surface area contributed by atoms with E-state index in [-0.39, 0.29) is 24.9 Å². The van der Waals surface area contributed by atoms with Gasteiger partial charge in [0.25, 0.3) is 0 Å². The van der Waals surface area contributed by atoms with Crippen LogP contribution < -0.4 is 4.74 Å². The van der Waals surface area contributed by atoms with Crippen LogP contribution >= 0.6 is 0 Å². The van der Waals surface area contributed by atoms with Gasteiger partial charge in [0.1, 0.15) is 29.2 Å². The number of hydrogen-bond acceptors (Lipinski definition) is 9. The van der Waals surface area contributed by atoms with Crippen molar-refractivity contribution in [2.45, 2.75) is 104 Å². The van der Waals surface area contributed by atoms with Gasteiger partial charge >= 0.3 is 24.3 Å². The molecule has 1 aromatic rings. The molecule has 238 valence electrons. The van der Waals surface area contributed by atoms with E-state index in [1.165, 1.54) is 6.92 Å². The summed E-state index contributed by atoms with van der Waals surface area (Å²) in [5.74, 6) is -0.830. The predicted molar refractivity (Wildman–Crippen MR) is 145 cm³/mol. The van der Waals surface area contributed by atoms with E-state index < -0.39 is 72.1 Å². The normalized spacial score (nSPS) is 22.4. The molecule has 1 fully saturated rings. The van der Waals surface area contributed by atoms with E-state index in [1.54, 1.807) is 41.5 Å². The fourth-order valence-corrected chi connectivity index (χ4v) is 3.73. The zero-order valence-electron chi connectivity index (χ0n) is 25.6. The van der Waals surface area contributed by atoms with Crippen molar-refractivity contribution in [3.8, 4) is 5.75 Å². The van der Waals surface area contributed by atoms with Crippen molar-refractivity contribution in [3.05, 3.63) is 29.8 Å². The molecule has 4 atom stereocenters. The number of carbonyl (C=O) groups is 3. The van der Waals surface area contributed by atoms with Crippen LogP contribution in [0, 0.1) is 5.92 Å². The van der Waals surface area contributed by atoms with Crippen LogP contribution in [-0.2, 0) is 34.7 Å². The number of esters is 1. The molecule has 1 saturated heterocycles. The van der Waals surface area contributed by atoms with Crippen LogP contribution in [0.5, 0.6) is 5.75 Å². The lowest BCUT2D eigenvalue weighted by Gasteiger charge is -2.33. The highest BCUT2D eigenvalue weighted by atomic mass is 19.4. The summed E-state index contributed by atoms with van der Waals surface area (Å²) in [5, 5.41) is 0. The van der Waals surface area contributed by atoms with E-state index in [0.717, 1.165) is 24.3 Å². The van der Waals surface area contributed by atoms with Crippen LogP contribution in [0.2, 0.25) is 0 Å². The molecule has 42 heavy (non-hydrogen) atoms. The van der Waals surface area contributed by atoms with Crippen molar-refractivity contribution < 1.29 is 56.0 Å². The standard InChI is InChI=1S/C29H42F3NO9/c1-17(2)14-38-22-16-37-15-21(33(25(35)41-27(4,5)6)26(36)42-28(7,8)9)24(34)39-18(3)23(22)40-20-12-10-19(11-13-20)29(30,31)32/h10-13,17-18,21-23H,14-16H2,1-9H3. The van der Waals surface area contributed by atoms with Crippen LogP contribution in [0.25, 0.3) is 0 Å². The molecule has 0 radical (unpaired) electrons. The van der Waals surface area contributed by atoms with Gasteiger partial charge < -0.3 is 28.4 Å². The minimum atomic E-state index is -4.53. The summed E-state index contributed by atoms with van der Waals surface area (Å²) >= 11 is 0. The van der Waals surface area contributed by atoms with Gasteiger partial charge in [0.15, 0.2) is 12.1 Å². The summed E-state index contributed by atoms with van der Waals surface area (Å²) in [6.45, 7) is 14.5. The Morgan fingerprint density at radius 3 is 1.93 bits per heavy atom. The van der Waals surface area contributed by atoms with Crippen LogP contribution in [0.1, 0.15) is 67.9 Å². The summed E-state index contributed by atoms with van der Waals surface area (Å²) in [6.07, 6.45) is -9.73. The molecule has 0 bridgehead atoms. The smallest absolute Gasteiger partial charge is 0.420 e. The van der Waals surface area contributed by atoms with Crippen molar-refractivity contribution in [3.63, 3.8) is 0 Å². The summed E-state index contributed by atoms with van der Waals surface area (Å²) in [5.41, 5.74) is -2.87. The Morgan fingerprint density at radius 1 is 0.952 bits per heavy atom. The lowest BCUT2D eigenvalue weighted by atomic mass is 10.1. The van der Waals surface area contributed by atoms with E-state index >= 15 is 0 Å². The minimum Gasteiger partial charge on any atom is -0.484 e. The SMILES string of the molecule is CC(C)COC1COCC(N(C(=O)OC(C)(C)C)C(=O)OC(C)(C)C)C(=O)OC(C)C1Oc1ccc(C(F)(F)F)cc1. The average molecular weight is 606 g/mol. The van der Waals surface area contributed by atoms with Gasteiger partial charge in [-0.1, -0.05) is 13.8 Å². The third-order valence-electron chi connectivity index (χ3n) is 5.55. The number of hydrogen-bond donors (Lipinski definition) is 0. The van der Waals surface area contributed by atoms with E-state index in [4.69, 9.17) is 28.4 Å². The molecular formula is C29H42F3NO9. The van der Waals surface area contributed by atoms with Gasteiger partial charge in [-0.3, -0.25) is 0 Å². The number of carbonyl (C=O) groups excluding carboxylic acids is 3. The van der Waals surface area contributed by atoms with Crippen molar-refractivity contribution in [2.24, 2.45) is 5.92 Å². The maximum Gasteiger partial charge on any atom is 0.420 e. The summed E-state index contributed by atoms with van der Waals surface area (Å²) < 4.78 is 73.4.